The monoisotopic (exact) mass is 285 g/mol. The Morgan fingerprint density at radius 3 is 2.67 bits per heavy atom. The fourth-order valence-corrected chi connectivity index (χ4v) is 1.88. The van der Waals surface area contributed by atoms with Gasteiger partial charge in [-0.2, -0.15) is 0 Å². The Labute approximate surface area is 124 Å². The molecule has 0 fully saturated rings. The lowest BCUT2D eigenvalue weighted by Crippen LogP contribution is -2.28. The molecule has 5 nitrogen and oxygen atoms in total. The largest absolute Gasteiger partial charge is 0.497 e. The molecule has 110 valence electrons. The summed E-state index contributed by atoms with van der Waals surface area (Å²) in [5.41, 5.74) is 2.81. The average molecular weight is 285 g/mol. The van der Waals surface area contributed by atoms with E-state index in [4.69, 9.17) is 4.74 Å². The van der Waals surface area contributed by atoms with Crippen LogP contribution in [0, 0.1) is 6.92 Å². The Kier molecular flexibility index (Phi) is 5.29. The highest BCUT2D eigenvalue weighted by atomic mass is 16.5. The summed E-state index contributed by atoms with van der Waals surface area (Å²) in [5, 5.41) is 5.90. The van der Waals surface area contributed by atoms with E-state index in [0.29, 0.717) is 6.54 Å². The number of aryl methyl sites for hydroxylation is 1. The zero-order valence-corrected chi connectivity index (χ0v) is 12.2. The summed E-state index contributed by atoms with van der Waals surface area (Å²) in [4.78, 5) is 16.1. The molecule has 0 saturated heterocycles. The zero-order chi connectivity index (χ0) is 15.1. The molecule has 0 aliphatic carbocycles. The van der Waals surface area contributed by atoms with E-state index in [1.54, 1.807) is 37.6 Å². The van der Waals surface area contributed by atoms with E-state index in [2.05, 4.69) is 15.6 Å². The molecule has 0 unspecified atom stereocenters. The van der Waals surface area contributed by atoms with Crippen LogP contribution in [0.5, 0.6) is 5.75 Å². The van der Waals surface area contributed by atoms with Crippen LogP contribution < -0.4 is 15.4 Å². The maximum atomic E-state index is 11.8. The number of nitrogens with zero attached hydrogens (tertiary/aromatic N) is 1. The highest BCUT2D eigenvalue weighted by Gasteiger charge is 2.03. The predicted molar refractivity (Wildman–Crippen MR) is 82.3 cm³/mol. The van der Waals surface area contributed by atoms with E-state index in [1.807, 2.05) is 19.1 Å². The minimum Gasteiger partial charge on any atom is -0.497 e. The first-order valence-corrected chi connectivity index (χ1v) is 6.74. The van der Waals surface area contributed by atoms with Gasteiger partial charge in [-0.1, -0.05) is 6.07 Å². The van der Waals surface area contributed by atoms with Crippen LogP contribution in [0.3, 0.4) is 0 Å². The van der Waals surface area contributed by atoms with Gasteiger partial charge in [0.25, 0.3) is 0 Å². The number of amides is 1. The van der Waals surface area contributed by atoms with Crippen LogP contribution in [0.25, 0.3) is 0 Å². The normalized spacial score (nSPS) is 10.2. The number of hydrogen-bond donors (Lipinski definition) is 2. The molecule has 0 radical (unpaired) electrons. The minimum absolute atomic E-state index is 0.0891. The number of anilines is 1. The predicted octanol–water partition coefficient (Wildman–Crippen LogP) is 2.13. The zero-order valence-electron chi connectivity index (χ0n) is 12.2. The first kappa shape index (κ1) is 15.0. The minimum atomic E-state index is -0.0891. The maximum absolute atomic E-state index is 11.8. The molecule has 2 N–H and O–H groups in total. The maximum Gasteiger partial charge on any atom is 0.238 e. The number of hydrogen-bond acceptors (Lipinski definition) is 4. The fraction of sp³-hybridized carbons (Fsp3) is 0.250. The Balaban J connectivity index is 1.78. The van der Waals surface area contributed by atoms with Gasteiger partial charge in [0.15, 0.2) is 0 Å². The number of aromatic nitrogens is 1. The molecule has 0 aliphatic heterocycles. The molecule has 5 heteroatoms. The van der Waals surface area contributed by atoms with Crippen molar-refractivity contribution in [3.8, 4) is 5.75 Å². The van der Waals surface area contributed by atoms with Crippen LogP contribution in [-0.2, 0) is 11.3 Å². The summed E-state index contributed by atoms with van der Waals surface area (Å²) in [6.45, 7) is 2.81. The average Bonchev–Trinajstić information content (AvgIpc) is 2.50. The molecule has 1 aromatic heterocycles. The van der Waals surface area contributed by atoms with Gasteiger partial charge in [0.1, 0.15) is 5.75 Å². The molecule has 0 spiro atoms. The molecule has 2 rings (SSSR count). The smallest absolute Gasteiger partial charge is 0.238 e. The first-order valence-electron chi connectivity index (χ1n) is 6.74. The van der Waals surface area contributed by atoms with Crippen molar-refractivity contribution >= 4 is 11.6 Å². The number of benzene rings is 1. The lowest BCUT2D eigenvalue weighted by atomic mass is 10.2. The highest BCUT2D eigenvalue weighted by Crippen LogP contribution is 2.14. The van der Waals surface area contributed by atoms with Gasteiger partial charge in [0, 0.05) is 18.4 Å². The van der Waals surface area contributed by atoms with Gasteiger partial charge in [-0.15, -0.1) is 0 Å². The van der Waals surface area contributed by atoms with Crippen LogP contribution in [0.15, 0.2) is 42.6 Å². The summed E-state index contributed by atoms with van der Waals surface area (Å²) < 4.78 is 5.07. The molecule has 1 heterocycles. The standard InChI is InChI=1S/C16H19N3O2/c1-12-4-3-9-18-15(12)10-17-11-16(20)19-13-5-7-14(21-2)8-6-13/h3-9,17H,10-11H2,1-2H3,(H,19,20). The van der Waals surface area contributed by atoms with E-state index in [9.17, 15) is 4.79 Å². The van der Waals surface area contributed by atoms with Crippen LogP contribution >= 0.6 is 0 Å². The number of pyridine rings is 1. The quantitative estimate of drug-likeness (QED) is 0.853. The van der Waals surface area contributed by atoms with Crippen molar-refractivity contribution in [2.75, 3.05) is 19.0 Å². The van der Waals surface area contributed by atoms with Crippen molar-refractivity contribution in [3.05, 3.63) is 53.9 Å². The number of methoxy groups -OCH3 is 1. The van der Waals surface area contributed by atoms with Crippen molar-refractivity contribution in [1.82, 2.24) is 10.3 Å². The summed E-state index contributed by atoms with van der Waals surface area (Å²) in [7, 11) is 1.61. The van der Waals surface area contributed by atoms with Crippen molar-refractivity contribution in [2.24, 2.45) is 0 Å². The molecular formula is C16H19N3O2. The van der Waals surface area contributed by atoms with Gasteiger partial charge in [-0.05, 0) is 42.8 Å². The van der Waals surface area contributed by atoms with Gasteiger partial charge in [0.05, 0.1) is 19.3 Å². The Morgan fingerprint density at radius 2 is 2.00 bits per heavy atom. The van der Waals surface area contributed by atoms with Crippen LogP contribution in [0.1, 0.15) is 11.3 Å². The van der Waals surface area contributed by atoms with Gasteiger partial charge >= 0.3 is 0 Å². The fourth-order valence-electron chi connectivity index (χ4n) is 1.88. The molecule has 2 aromatic rings. The third kappa shape index (κ3) is 4.57. The molecule has 0 aliphatic rings. The SMILES string of the molecule is COc1ccc(NC(=O)CNCc2ncccc2C)cc1. The number of carbonyl (C=O) groups is 1. The van der Waals surface area contributed by atoms with Crippen molar-refractivity contribution in [2.45, 2.75) is 13.5 Å². The molecule has 0 bridgehead atoms. The Morgan fingerprint density at radius 1 is 1.24 bits per heavy atom. The van der Waals surface area contributed by atoms with Crippen molar-refractivity contribution in [3.63, 3.8) is 0 Å². The van der Waals surface area contributed by atoms with E-state index in [1.165, 1.54) is 0 Å². The van der Waals surface area contributed by atoms with Crippen LogP contribution in [0.4, 0.5) is 5.69 Å². The summed E-state index contributed by atoms with van der Waals surface area (Å²) in [6.07, 6.45) is 1.75. The second kappa shape index (κ2) is 7.40. The van der Waals surface area contributed by atoms with Crippen molar-refractivity contribution < 1.29 is 9.53 Å². The number of nitrogens with one attached hydrogen (secondary N) is 2. The first-order chi connectivity index (χ1) is 10.2. The highest BCUT2D eigenvalue weighted by molar-refractivity contribution is 5.92. The number of rotatable bonds is 6. The van der Waals surface area contributed by atoms with E-state index in [-0.39, 0.29) is 12.5 Å². The third-order valence-corrected chi connectivity index (χ3v) is 3.07. The summed E-state index contributed by atoms with van der Waals surface area (Å²) >= 11 is 0. The van der Waals surface area contributed by atoms with Gasteiger partial charge < -0.3 is 15.4 Å². The molecule has 21 heavy (non-hydrogen) atoms. The third-order valence-electron chi connectivity index (χ3n) is 3.07. The molecule has 1 aromatic carbocycles. The molecule has 0 saturated carbocycles. The number of ether oxygens (including phenoxy) is 1. The van der Waals surface area contributed by atoms with Crippen LogP contribution in [0.2, 0.25) is 0 Å². The summed E-state index contributed by atoms with van der Waals surface area (Å²) in [5.74, 6) is 0.672. The lowest BCUT2D eigenvalue weighted by molar-refractivity contribution is -0.115. The molecular weight excluding hydrogens is 266 g/mol. The Bertz CT molecular complexity index is 597. The topological polar surface area (TPSA) is 63.2 Å². The lowest BCUT2D eigenvalue weighted by Gasteiger charge is -2.08. The van der Waals surface area contributed by atoms with E-state index >= 15 is 0 Å². The van der Waals surface area contributed by atoms with Gasteiger partial charge in [0.2, 0.25) is 5.91 Å². The second-order valence-corrected chi connectivity index (χ2v) is 4.65. The summed E-state index contributed by atoms with van der Waals surface area (Å²) in [6, 6.07) is 11.1. The van der Waals surface area contributed by atoms with E-state index in [0.717, 1.165) is 22.7 Å². The van der Waals surface area contributed by atoms with Gasteiger partial charge in [-0.3, -0.25) is 9.78 Å². The number of carbonyl (C=O) groups excluding carboxylic acids is 1. The van der Waals surface area contributed by atoms with E-state index < -0.39 is 0 Å². The molecule has 1 amide bonds. The second-order valence-electron chi connectivity index (χ2n) is 4.65. The Hall–Kier alpha value is -2.40. The van der Waals surface area contributed by atoms with Crippen molar-refractivity contribution in [1.29, 1.82) is 0 Å². The molecule has 0 atom stereocenters. The van der Waals surface area contributed by atoms with Crippen LogP contribution in [-0.4, -0.2) is 24.5 Å². The van der Waals surface area contributed by atoms with Gasteiger partial charge in [-0.25, -0.2) is 0 Å².